The molecule has 0 N–H and O–H groups in total. The standard InChI is InChI=1S/C14H22O2/c1-4-14(2,12-16-11-10-15-3)13-8-6-5-7-9-13/h5-9H,4,10-12H2,1-3H3. The molecule has 0 saturated carbocycles. The molecule has 0 aliphatic rings. The summed E-state index contributed by atoms with van der Waals surface area (Å²) in [5, 5.41) is 0. The molecule has 2 nitrogen and oxygen atoms in total. The highest BCUT2D eigenvalue weighted by Gasteiger charge is 2.24. The van der Waals surface area contributed by atoms with Crippen molar-refractivity contribution in [2.75, 3.05) is 26.9 Å². The number of methoxy groups -OCH3 is 1. The third-order valence-corrected chi connectivity index (χ3v) is 3.10. The number of hydrogen-bond acceptors (Lipinski definition) is 2. The first-order chi connectivity index (χ1) is 7.73. The van der Waals surface area contributed by atoms with Crippen molar-refractivity contribution < 1.29 is 9.47 Å². The van der Waals surface area contributed by atoms with Gasteiger partial charge in [-0.25, -0.2) is 0 Å². The van der Waals surface area contributed by atoms with E-state index in [4.69, 9.17) is 9.47 Å². The molecule has 1 unspecified atom stereocenters. The predicted molar refractivity (Wildman–Crippen MR) is 66.8 cm³/mol. The molecule has 0 radical (unpaired) electrons. The summed E-state index contributed by atoms with van der Waals surface area (Å²) in [6.07, 6.45) is 1.07. The molecular weight excluding hydrogens is 200 g/mol. The van der Waals surface area contributed by atoms with Gasteiger partial charge >= 0.3 is 0 Å². The summed E-state index contributed by atoms with van der Waals surface area (Å²) in [6.45, 7) is 6.52. The minimum Gasteiger partial charge on any atom is -0.382 e. The van der Waals surface area contributed by atoms with Crippen molar-refractivity contribution in [1.82, 2.24) is 0 Å². The minimum absolute atomic E-state index is 0.106. The monoisotopic (exact) mass is 222 g/mol. The molecule has 0 aromatic heterocycles. The summed E-state index contributed by atoms with van der Waals surface area (Å²) in [5.74, 6) is 0. The molecule has 0 bridgehead atoms. The fourth-order valence-corrected chi connectivity index (χ4v) is 1.67. The Kier molecular flexibility index (Phi) is 5.50. The van der Waals surface area contributed by atoms with Gasteiger partial charge in [-0.1, -0.05) is 44.2 Å². The maximum Gasteiger partial charge on any atom is 0.0700 e. The summed E-state index contributed by atoms with van der Waals surface area (Å²) in [4.78, 5) is 0. The van der Waals surface area contributed by atoms with Crippen LogP contribution < -0.4 is 0 Å². The SMILES string of the molecule is CCC(C)(COCCOC)c1ccccc1. The highest BCUT2D eigenvalue weighted by molar-refractivity contribution is 5.24. The first-order valence-corrected chi connectivity index (χ1v) is 5.85. The normalized spacial score (nSPS) is 14.7. The lowest BCUT2D eigenvalue weighted by Gasteiger charge is -2.28. The summed E-state index contributed by atoms with van der Waals surface area (Å²) in [5.41, 5.74) is 1.45. The van der Waals surface area contributed by atoms with E-state index in [1.54, 1.807) is 7.11 Å². The van der Waals surface area contributed by atoms with Crippen LogP contribution in [0.2, 0.25) is 0 Å². The Morgan fingerprint density at radius 3 is 2.38 bits per heavy atom. The largest absolute Gasteiger partial charge is 0.382 e. The van der Waals surface area contributed by atoms with Crippen LogP contribution in [-0.4, -0.2) is 26.9 Å². The van der Waals surface area contributed by atoms with Gasteiger partial charge in [0.2, 0.25) is 0 Å². The Morgan fingerprint density at radius 2 is 1.81 bits per heavy atom. The van der Waals surface area contributed by atoms with Gasteiger partial charge in [0.15, 0.2) is 0 Å². The van der Waals surface area contributed by atoms with E-state index >= 15 is 0 Å². The van der Waals surface area contributed by atoms with Gasteiger partial charge in [-0.05, 0) is 12.0 Å². The summed E-state index contributed by atoms with van der Waals surface area (Å²) < 4.78 is 10.6. The molecule has 1 aromatic carbocycles. The lowest BCUT2D eigenvalue weighted by Crippen LogP contribution is -2.28. The average Bonchev–Trinajstić information content (AvgIpc) is 2.35. The number of benzene rings is 1. The fourth-order valence-electron chi connectivity index (χ4n) is 1.67. The molecule has 0 fully saturated rings. The molecule has 0 amide bonds. The molecular formula is C14H22O2. The molecule has 1 atom stereocenters. The topological polar surface area (TPSA) is 18.5 Å². The fraction of sp³-hybridized carbons (Fsp3) is 0.571. The van der Waals surface area contributed by atoms with Crippen molar-refractivity contribution >= 4 is 0 Å². The van der Waals surface area contributed by atoms with Crippen LogP contribution in [0.5, 0.6) is 0 Å². The Hall–Kier alpha value is -0.860. The van der Waals surface area contributed by atoms with Crippen LogP contribution in [0.4, 0.5) is 0 Å². The highest BCUT2D eigenvalue weighted by Crippen LogP contribution is 2.27. The van der Waals surface area contributed by atoms with Crippen LogP contribution >= 0.6 is 0 Å². The zero-order valence-corrected chi connectivity index (χ0v) is 10.5. The maximum atomic E-state index is 5.66. The van der Waals surface area contributed by atoms with Crippen molar-refractivity contribution in [3.05, 3.63) is 35.9 Å². The Morgan fingerprint density at radius 1 is 1.12 bits per heavy atom. The molecule has 16 heavy (non-hydrogen) atoms. The lowest BCUT2D eigenvalue weighted by atomic mass is 9.81. The van der Waals surface area contributed by atoms with Gasteiger partial charge in [0.1, 0.15) is 0 Å². The molecule has 1 aromatic rings. The van der Waals surface area contributed by atoms with E-state index in [9.17, 15) is 0 Å². The Bertz CT molecular complexity index is 284. The van der Waals surface area contributed by atoms with Crippen LogP contribution in [0.25, 0.3) is 0 Å². The van der Waals surface area contributed by atoms with Gasteiger partial charge in [0.25, 0.3) is 0 Å². The van der Waals surface area contributed by atoms with Gasteiger partial charge in [0.05, 0.1) is 19.8 Å². The number of rotatable bonds is 7. The second-order valence-electron chi connectivity index (χ2n) is 4.33. The van der Waals surface area contributed by atoms with Crippen LogP contribution in [-0.2, 0) is 14.9 Å². The van der Waals surface area contributed by atoms with Crippen molar-refractivity contribution in [1.29, 1.82) is 0 Å². The average molecular weight is 222 g/mol. The van der Waals surface area contributed by atoms with Crippen LogP contribution in [0.15, 0.2) is 30.3 Å². The zero-order chi connectivity index (χ0) is 11.9. The molecule has 0 aliphatic heterocycles. The number of hydrogen-bond donors (Lipinski definition) is 0. The van der Waals surface area contributed by atoms with Crippen LogP contribution in [0.3, 0.4) is 0 Å². The zero-order valence-electron chi connectivity index (χ0n) is 10.5. The predicted octanol–water partition coefficient (Wildman–Crippen LogP) is 3.02. The van der Waals surface area contributed by atoms with Gasteiger partial charge in [-0.2, -0.15) is 0 Å². The second-order valence-corrected chi connectivity index (χ2v) is 4.33. The van der Waals surface area contributed by atoms with Gasteiger partial charge in [-0.3, -0.25) is 0 Å². The van der Waals surface area contributed by atoms with E-state index in [0.29, 0.717) is 13.2 Å². The van der Waals surface area contributed by atoms with Crippen molar-refractivity contribution in [2.45, 2.75) is 25.7 Å². The molecule has 0 spiro atoms. The third-order valence-electron chi connectivity index (χ3n) is 3.10. The van der Waals surface area contributed by atoms with E-state index < -0.39 is 0 Å². The Labute approximate surface area is 98.6 Å². The van der Waals surface area contributed by atoms with E-state index in [2.05, 4.69) is 38.1 Å². The van der Waals surface area contributed by atoms with Crippen molar-refractivity contribution in [3.8, 4) is 0 Å². The van der Waals surface area contributed by atoms with E-state index in [-0.39, 0.29) is 5.41 Å². The molecule has 0 aliphatic carbocycles. The molecule has 0 heterocycles. The highest BCUT2D eigenvalue weighted by atomic mass is 16.5. The van der Waals surface area contributed by atoms with E-state index in [1.165, 1.54) is 5.56 Å². The molecule has 1 rings (SSSR count). The van der Waals surface area contributed by atoms with Gasteiger partial charge < -0.3 is 9.47 Å². The maximum absolute atomic E-state index is 5.66. The van der Waals surface area contributed by atoms with Crippen LogP contribution in [0.1, 0.15) is 25.8 Å². The summed E-state index contributed by atoms with van der Waals surface area (Å²) >= 11 is 0. The van der Waals surface area contributed by atoms with Crippen molar-refractivity contribution in [3.63, 3.8) is 0 Å². The molecule has 90 valence electrons. The molecule has 0 saturated heterocycles. The Balaban J connectivity index is 2.56. The van der Waals surface area contributed by atoms with E-state index in [1.807, 2.05) is 6.07 Å². The first-order valence-electron chi connectivity index (χ1n) is 5.85. The quantitative estimate of drug-likeness (QED) is 0.660. The smallest absolute Gasteiger partial charge is 0.0700 e. The second kappa shape index (κ2) is 6.66. The summed E-state index contributed by atoms with van der Waals surface area (Å²) in [7, 11) is 1.69. The number of ether oxygens (including phenoxy) is 2. The van der Waals surface area contributed by atoms with Crippen LogP contribution in [0, 0.1) is 0 Å². The van der Waals surface area contributed by atoms with Crippen molar-refractivity contribution in [2.24, 2.45) is 0 Å². The molecule has 2 heteroatoms. The third kappa shape index (κ3) is 3.62. The van der Waals surface area contributed by atoms with E-state index in [0.717, 1.165) is 13.0 Å². The summed E-state index contributed by atoms with van der Waals surface area (Å²) in [6, 6.07) is 10.6. The van der Waals surface area contributed by atoms with Gasteiger partial charge in [-0.15, -0.1) is 0 Å². The first kappa shape index (κ1) is 13.2. The lowest BCUT2D eigenvalue weighted by molar-refractivity contribution is 0.0437. The minimum atomic E-state index is 0.106. The van der Waals surface area contributed by atoms with Gasteiger partial charge in [0, 0.05) is 12.5 Å².